The molecule has 38 heavy (non-hydrogen) atoms. The van der Waals surface area contributed by atoms with Gasteiger partial charge in [-0.15, -0.1) is 0 Å². The van der Waals surface area contributed by atoms with Crippen LogP contribution in [0, 0.1) is 11.6 Å². The van der Waals surface area contributed by atoms with Crippen LogP contribution in [0.2, 0.25) is 0 Å². The number of fused-ring (bicyclic) bond motifs is 2. The van der Waals surface area contributed by atoms with Crippen molar-refractivity contribution in [1.82, 2.24) is 10.3 Å². The SMILES string of the molecule is CNC(=O)c1c(-c2ccc(F)cc2)oc2cc(NC)c([C@@H]3CCCN(c4nc5c(F)cccc5o4)C3)cc12. The van der Waals surface area contributed by atoms with E-state index in [2.05, 4.69) is 15.6 Å². The minimum Gasteiger partial charge on any atom is -0.455 e. The molecule has 2 aromatic heterocycles. The molecule has 9 heteroatoms. The number of nitrogens with zero attached hydrogens (tertiary/aromatic N) is 2. The highest BCUT2D eigenvalue weighted by Crippen LogP contribution is 2.41. The fourth-order valence-electron chi connectivity index (χ4n) is 5.31. The predicted octanol–water partition coefficient (Wildman–Crippen LogP) is 6.30. The molecule has 0 bridgehead atoms. The normalized spacial score (nSPS) is 15.8. The topological polar surface area (TPSA) is 83.5 Å². The molecule has 7 nitrogen and oxygen atoms in total. The number of benzene rings is 3. The van der Waals surface area contributed by atoms with Crippen molar-refractivity contribution < 1.29 is 22.4 Å². The quantitative estimate of drug-likeness (QED) is 0.285. The molecule has 0 aliphatic carbocycles. The zero-order chi connectivity index (χ0) is 26.4. The van der Waals surface area contributed by atoms with Gasteiger partial charge in [-0.3, -0.25) is 4.79 Å². The van der Waals surface area contributed by atoms with Gasteiger partial charge in [-0.2, -0.15) is 4.98 Å². The molecule has 1 aliphatic heterocycles. The fraction of sp³-hybridized carbons (Fsp3) is 0.241. The van der Waals surface area contributed by atoms with Crippen LogP contribution in [0.1, 0.15) is 34.7 Å². The molecular formula is C29H26F2N4O3. The van der Waals surface area contributed by atoms with Crippen LogP contribution < -0.4 is 15.5 Å². The first-order valence-corrected chi connectivity index (χ1v) is 12.5. The molecule has 3 aromatic carbocycles. The summed E-state index contributed by atoms with van der Waals surface area (Å²) in [6.07, 6.45) is 1.81. The number of oxazole rings is 1. The highest BCUT2D eigenvalue weighted by atomic mass is 19.1. The van der Waals surface area contributed by atoms with Crippen LogP contribution in [0.25, 0.3) is 33.4 Å². The lowest BCUT2D eigenvalue weighted by atomic mass is 9.88. The first-order valence-electron chi connectivity index (χ1n) is 12.5. The zero-order valence-corrected chi connectivity index (χ0v) is 21.0. The molecule has 2 N–H and O–H groups in total. The predicted molar refractivity (Wildman–Crippen MR) is 143 cm³/mol. The first kappa shape index (κ1) is 24.0. The molecule has 0 radical (unpaired) electrons. The summed E-state index contributed by atoms with van der Waals surface area (Å²) in [6.45, 7) is 1.36. The molecule has 194 valence electrons. The van der Waals surface area contributed by atoms with Gasteiger partial charge < -0.3 is 24.4 Å². The van der Waals surface area contributed by atoms with Crippen molar-refractivity contribution in [1.29, 1.82) is 0 Å². The number of halogens is 2. The number of rotatable bonds is 5. The molecule has 1 amide bonds. The van der Waals surface area contributed by atoms with Crippen LogP contribution in [0.15, 0.2) is 63.4 Å². The second-order valence-electron chi connectivity index (χ2n) is 9.45. The Morgan fingerprint density at radius 1 is 1.05 bits per heavy atom. The van der Waals surface area contributed by atoms with E-state index < -0.39 is 5.82 Å². The number of carbonyl (C=O) groups excluding carboxylic acids is 1. The Bertz CT molecular complexity index is 1660. The molecule has 1 saturated heterocycles. The van der Waals surface area contributed by atoms with Crippen molar-refractivity contribution in [2.24, 2.45) is 0 Å². The van der Waals surface area contributed by atoms with Crippen molar-refractivity contribution in [3.63, 3.8) is 0 Å². The van der Waals surface area contributed by atoms with Crippen LogP contribution in [-0.4, -0.2) is 38.1 Å². The van der Waals surface area contributed by atoms with Crippen molar-refractivity contribution in [2.45, 2.75) is 18.8 Å². The number of hydrogen-bond donors (Lipinski definition) is 2. The van der Waals surface area contributed by atoms with Crippen LogP contribution in [0.3, 0.4) is 0 Å². The molecule has 1 fully saturated rings. The maximum Gasteiger partial charge on any atom is 0.298 e. The largest absolute Gasteiger partial charge is 0.455 e. The third-order valence-corrected chi connectivity index (χ3v) is 7.18. The van der Waals surface area contributed by atoms with Gasteiger partial charge in [0.15, 0.2) is 11.4 Å². The summed E-state index contributed by atoms with van der Waals surface area (Å²) >= 11 is 0. The third kappa shape index (κ3) is 4.04. The average molecular weight is 517 g/mol. The van der Waals surface area contributed by atoms with E-state index in [0.29, 0.717) is 46.0 Å². The number of nitrogens with one attached hydrogen (secondary N) is 2. The van der Waals surface area contributed by atoms with Gasteiger partial charge in [0, 0.05) is 55.8 Å². The van der Waals surface area contributed by atoms with E-state index in [1.807, 2.05) is 24.1 Å². The molecular weight excluding hydrogens is 490 g/mol. The van der Waals surface area contributed by atoms with Crippen molar-refractivity contribution in [3.05, 3.63) is 77.4 Å². The molecule has 6 rings (SSSR count). The molecule has 0 unspecified atom stereocenters. The summed E-state index contributed by atoms with van der Waals surface area (Å²) in [5.74, 6) is -0.582. The van der Waals surface area contributed by atoms with Gasteiger partial charge in [0.1, 0.15) is 22.7 Å². The van der Waals surface area contributed by atoms with E-state index in [1.54, 1.807) is 31.3 Å². The van der Waals surface area contributed by atoms with Crippen molar-refractivity contribution in [2.75, 3.05) is 37.4 Å². The average Bonchev–Trinajstić information content (AvgIpc) is 3.55. The summed E-state index contributed by atoms with van der Waals surface area (Å²) in [5.41, 5.74) is 4.13. The summed E-state index contributed by atoms with van der Waals surface area (Å²) in [7, 11) is 3.42. The van der Waals surface area contributed by atoms with Crippen LogP contribution in [0.4, 0.5) is 20.5 Å². The Kier molecular flexibility index (Phi) is 5.98. The van der Waals surface area contributed by atoms with E-state index in [-0.39, 0.29) is 23.2 Å². The highest BCUT2D eigenvalue weighted by molar-refractivity contribution is 6.11. The van der Waals surface area contributed by atoms with Crippen LogP contribution >= 0.6 is 0 Å². The summed E-state index contributed by atoms with van der Waals surface area (Å²) < 4.78 is 39.9. The van der Waals surface area contributed by atoms with Gasteiger partial charge in [-0.1, -0.05) is 6.07 Å². The zero-order valence-electron chi connectivity index (χ0n) is 21.0. The third-order valence-electron chi connectivity index (χ3n) is 7.18. The van der Waals surface area contributed by atoms with Crippen molar-refractivity contribution >= 4 is 39.7 Å². The minimum absolute atomic E-state index is 0.0946. The number of para-hydroxylation sites is 1. The van der Waals surface area contributed by atoms with Gasteiger partial charge >= 0.3 is 0 Å². The molecule has 5 aromatic rings. The van der Waals surface area contributed by atoms with E-state index >= 15 is 0 Å². The standard InChI is InChI=1S/C29H26F2N4O3/c1-32-22-14-24-20(25(28(36)33-2)27(37-24)16-8-10-18(30)11-9-16)13-19(22)17-5-4-12-35(15-17)29-34-26-21(31)6-3-7-23(26)38-29/h3,6-11,13-14,17,32H,4-5,12,15H2,1-2H3,(H,33,36)/t17-/m1/s1. The first-order chi connectivity index (χ1) is 18.5. The summed E-state index contributed by atoms with van der Waals surface area (Å²) in [5, 5.41) is 6.66. The maximum absolute atomic E-state index is 14.2. The van der Waals surface area contributed by atoms with Gasteiger partial charge in [-0.05, 0) is 60.9 Å². The number of hydrogen-bond acceptors (Lipinski definition) is 6. The number of furan rings is 1. The van der Waals surface area contributed by atoms with Gasteiger partial charge in [0.25, 0.3) is 11.9 Å². The van der Waals surface area contributed by atoms with Gasteiger partial charge in [-0.25, -0.2) is 8.78 Å². The lowest BCUT2D eigenvalue weighted by molar-refractivity contribution is 0.0964. The second kappa shape index (κ2) is 9.48. The smallest absolute Gasteiger partial charge is 0.298 e. The molecule has 1 atom stereocenters. The Hall–Kier alpha value is -4.40. The number of anilines is 2. The highest BCUT2D eigenvalue weighted by Gasteiger charge is 2.29. The lowest BCUT2D eigenvalue weighted by Crippen LogP contribution is -2.34. The van der Waals surface area contributed by atoms with E-state index in [1.165, 1.54) is 18.2 Å². The number of aromatic nitrogens is 1. The van der Waals surface area contributed by atoms with E-state index in [9.17, 15) is 13.6 Å². The van der Waals surface area contributed by atoms with Gasteiger partial charge in [0.2, 0.25) is 0 Å². The van der Waals surface area contributed by atoms with E-state index in [4.69, 9.17) is 8.83 Å². The second-order valence-corrected chi connectivity index (χ2v) is 9.45. The molecule has 1 aliphatic rings. The Morgan fingerprint density at radius 2 is 1.87 bits per heavy atom. The molecule has 3 heterocycles. The van der Waals surface area contributed by atoms with Gasteiger partial charge in [0.05, 0.1) is 5.56 Å². The number of carbonyl (C=O) groups is 1. The molecule has 0 saturated carbocycles. The summed E-state index contributed by atoms with van der Waals surface area (Å²) in [4.78, 5) is 19.5. The summed E-state index contributed by atoms with van der Waals surface area (Å²) in [6, 6.07) is 14.9. The molecule has 0 spiro atoms. The number of piperidine rings is 1. The van der Waals surface area contributed by atoms with Crippen LogP contribution in [0.5, 0.6) is 0 Å². The Balaban J connectivity index is 1.42. The monoisotopic (exact) mass is 516 g/mol. The lowest BCUT2D eigenvalue weighted by Gasteiger charge is -2.32. The Labute approximate surface area is 217 Å². The minimum atomic E-state index is -0.410. The van der Waals surface area contributed by atoms with E-state index in [0.717, 1.165) is 30.6 Å². The van der Waals surface area contributed by atoms with Crippen molar-refractivity contribution in [3.8, 4) is 11.3 Å². The van der Waals surface area contributed by atoms with Crippen LogP contribution in [-0.2, 0) is 0 Å². The fourth-order valence-corrected chi connectivity index (χ4v) is 5.31. The Morgan fingerprint density at radius 3 is 2.61 bits per heavy atom. The maximum atomic E-state index is 14.2. The number of amides is 1.